The van der Waals surface area contributed by atoms with Crippen LogP contribution in [0.1, 0.15) is 13.3 Å². The van der Waals surface area contributed by atoms with Gasteiger partial charge in [-0.1, -0.05) is 6.92 Å². The normalized spacial score (nSPS) is 44.7. The van der Waals surface area contributed by atoms with Crippen LogP contribution < -0.4 is 0 Å². The van der Waals surface area contributed by atoms with Gasteiger partial charge < -0.3 is 20.1 Å². The molecule has 4 nitrogen and oxygen atoms in total. The number of hydrogen-bond acceptors (Lipinski definition) is 4. The van der Waals surface area contributed by atoms with Gasteiger partial charge in [0.2, 0.25) is 0 Å². The van der Waals surface area contributed by atoms with E-state index >= 15 is 0 Å². The van der Waals surface area contributed by atoms with E-state index in [2.05, 4.69) is 0 Å². The number of rotatable bonds is 2. The van der Waals surface area contributed by atoms with Crippen molar-refractivity contribution in [3.8, 4) is 0 Å². The first-order valence-electron chi connectivity index (χ1n) is 3.74. The minimum atomic E-state index is -1.44. The van der Waals surface area contributed by atoms with Gasteiger partial charge in [-0.05, 0) is 6.42 Å². The third-order valence-electron chi connectivity index (χ3n) is 2.19. The van der Waals surface area contributed by atoms with Crippen LogP contribution >= 0.6 is 0 Å². The summed E-state index contributed by atoms with van der Waals surface area (Å²) in [6.45, 7) is 1.27. The van der Waals surface area contributed by atoms with Crippen molar-refractivity contribution in [1.82, 2.24) is 0 Å². The average Bonchev–Trinajstić information content (AvgIpc) is 2.29. The third-order valence-corrected chi connectivity index (χ3v) is 2.19. The lowest BCUT2D eigenvalue weighted by atomic mass is 9.99. The minimum absolute atomic E-state index is 0.105. The van der Waals surface area contributed by atoms with Crippen molar-refractivity contribution in [2.45, 2.75) is 25.2 Å². The molecule has 0 radical (unpaired) electrons. The molecule has 1 aliphatic rings. The fourth-order valence-electron chi connectivity index (χ4n) is 1.34. The topological polar surface area (TPSA) is 69.9 Å². The predicted octanol–water partition coefficient (Wildman–Crippen LogP) is -0.915. The Morgan fingerprint density at radius 3 is 2.45 bits per heavy atom. The molecule has 0 bridgehead atoms. The molecule has 1 rings (SSSR count). The smallest absolute Gasteiger partial charge is 0.192 e. The van der Waals surface area contributed by atoms with Gasteiger partial charge in [-0.3, -0.25) is 0 Å². The Hall–Kier alpha value is -0.160. The molecule has 0 spiro atoms. The van der Waals surface area contributed by atoms with Crippen LogP contribution in [-0.2, 0) is 4.74 Å². The van der Waals surface area contributed by atoms with Crippen LogP contribution in [0.5, 0.6) is 0 Å². The van der Waals surface area contributed by atoms with Gasteiger partial charge in [0.05, 0.1) is 19.3 Å². The quantitative estimate of drug-likeness (QED) is 0.491. The Kier molecular flexibility index (Phi) is 2.49. The molecule has 3 unspecified atom stereocenters. The zero-order chi connectivity index (χ0) is 8.48. The van der Waals surface area contributed by atoms with Crippen molar-refractivity contribution < 1.29 is 20.1 Å². The molecule has 1 heterocycles. The van der Waals surface area contributed by atoms with Crippen LogP contribution in [0.3, 0.4) is 0 Å². The molecule has 0 aromatic rings. The van der Waals surface area contributed by atoms with Crippen molar-refractivity contribution in [2.24, 2.45) is 5.92 Å². The Balaban J connectivity index is 2.57. The second kappa shape index (κ2) is 3.06. The molecule has 11 heavy (non-hydrogen) atoms. The molecule has 1 saturated heterocycles. The molecule has 3 atom stereocenters. The van der Waals surface area contributed by atoms with Crippen molar-refractivity contribution in [3.63, 3.8) is 0 Å². The van der Waals surface area contributed by atoms with Crippen LogP contribution in [0.25, 0.3) is 0 Å². The maximum Gasteiger partial charge on any atom is 0.192 e. The van der Waals surface area contributed by atoms with Crippen molar-refractivity contribution in [2.75, 3.05) is 13.2 Å². The van der Waals surface area contributed by atoms with E-state index in [1.807, 2.05) is 0 Å². The van der Waals surface area contributed by atoms with Gasteiger partial charge in [0.25, 0.3) is 0 Å². The summed E-state index contributed by atoms with van der Waals surface area (Å²) in [5, 5.41) is 26.9. The Labute approximate surface area is 65.4 Å². The first-order chi connectivity index (χ1) is 5.12. The number of aliphatic hydroxyl groups is 3. The molecule has 0 saturated carbocycles. The highest BCUT2D eigenvalue weighted by Gasteiger charge is 2.43. The molecular formula is C7H14O4. The summed E-state index contributed by atoms with van der Waals surface area (Å²) in [4.78, 5) is 0. The second-order valence-corrected chi connectivity index (χ2v) is 3.06. The van der Waals surface area contributed by atoms with E-state index in [-0.39, 0.29) is 18.6 Å². The molecule has 0 aliphatic carbocycles. The second-order valence-electron chi connectivity index (χ2n) is 3.06. The zero-order valence-electron chi connectivity index (χ0n) is 6.53. The first-order valence-corrected chi connectivity index (χ1v) is 3.74. The van der Waals surface area contributed by atoms with Crippen LogP contribution in [0.4, 0.5) is 0 Å². The van der Waals surface area contributed by atoms with E-state index < -0.39 is 12.4 Å². The zero-order valence-corrected chi connectivity index (χ0v) is 6.53. The molecule has 3 N–H and O–H groups in total. The fourth-order valence-corrected chi connectivity index (χ4v) is 1.34. The number of hydrogen-bond donors (Lipinski definition) is 3. The van der Waals surface area contributed by atoms with Gasteiger partial charge >= 0.3 is 0 Å². The Morgan fingerprint density at radius 1 is 1.55 bits per heavy atom. The largest absolute Gasteiger partial charge is 0.394 e. The van der Waals surface area contributed by atoms with Gasteiger partial charge in [-0.15, -0.1) is 0 Å². The summed E-state index contributed by atoms with van der Waals surface area (Å²) in [6, 6.07) is 0. The Bertz CT molecular complexity index is 138. The van der Waals surface area contributed by atoms with Gasteiger partial charge in [0, 0.05) is 5.92 Å². The van der Waals surface area contributed by atoms with E-state index in [0.717, 1.165) is 0 Å². The van der Waals surface area contributed by atoms with Gasteiger partial charge in [0.1, 0.15) is 0 Å². The van der Waals surface area contributed by atoms with E-state index in [0.29, 0.717) is 6.42 Å². The van der Waals surface area contributed by atoms with Crippen molar-refractivity contribution in [3.05, 3.63) is 0 Å². The molecule has 0 amide bonds. The van der Waals surface area contributed by atoms with E-state index in [1.54, 1.807) is 6.92 Å². The van der Waals surface area contributed by atoms with Gasteiger partial charge in [0.15, 0.2) is 5.79 Å². The summed E-state index contributed by atoms with van der Waals surface area (Å²) < 4.78 is 5.02. The minimum Gasteiger partial charge on any atom is -0.394 e. The molecule has 1 fully saturated rings. The maximum atomic E-state index is 9.49. The summed E-state index contributed by atoms with van der Waals surface area (Å²) in [5.41, 5.74) is 0. The van der Waals surface area contributed by atoms with E-state index in [4.69, 9.17) is 14.9 Å². The highest BCUT2D eigenvalue weighted by Crippen LogP contribution is 2.33. The lowest BCUT2D eigenvalue weighted by Crippen LogP contribution is -2.38. The molecule has 66 valence electrons. The summed E-state index contributed by atoms with van der Waals surface area (Å²) in [5.74, 6) is -1.56. The van der Waals surface area contributed by atoms with Crippen LogP contribution in [-0.4, -0.2) is 40.4 Å². The SMILES string of the molecule is CC1CC(CO)OC1(O)CO. The Morgan fingerprint density at radius 2 is 2.18 bits per heavy atom. The van der Waals surface area contributed by atoms with Crippen molar-refractivity contribution in [1.29, 1.82) is 0 Å². The summed E-state index contributed by atoms with van der Waals surface area (Å²) >= 11 is 0. The molecule has 1 aliphatic heterocycles. The standard InChI is InChI=1S/C7H14O4/c1-5-2-6(3-8)11-7(5,10)4-9/h5-6,8-10H,2-4H2,1H3. The fraction of sp³-hybridized carbons (Fsp3) is 1.00. The van der Waals surface area contributed by atoms with Crippen LogP contribution in [0.2, 0.25) is 0 Å². The molecule has 0 aromatic carbocycles. The maximum absolute atomic E-state index is 9.49. The lowest BCUT2D eigenvalue weighted by molar-refractivity contribution is -0.232. The average molecular weight is 162 g/mol. The van der Waals surface area contributed by atoms with Gasteiger partial charge in [-0.25, -0.2) is 0 Å². The number of aliphatic hydroxyl groups excluding tert-OH is 2. The predicted molar refractivity (Wildman–Crippen MR) is 37.8 cm³/mol. The van der Waals surface area contributed by atoms with Crippen molar-refractivity contribution >= 4 is 0 Å². The third kappa shape index (κ3) is 1.54. The summed E-state index contributed by atoms with van der Waals surface area (Å²) in [7, 11) is 0. The molecule has 4 heteroatoms. The molecular weight excluding hydrogens is 148 g/mol. The van der Waals surface area contributed by atoms with Crippen LogP contribution in [0.15, 0.2) is 0 Å². The van der Waals surface area contributed by atoms with E-state index in [1.165, 1.54) is 0 Å². The molecule has 0 aromatic heterocycles. The van der Waals surface area contributed by atoms with Gasteiger partial charge in [-0.2, -0.15) is 0 Å². The van der Waals surface area contributed by atoms with Crippen LogP contribution in [0, 0.1) is 5.92 Å². The highest BCUT2D eigenvalue weighted by atomic mass is 16.7. The number of ether oxygens (including phenoxy) is 1. The highest BCUT2D eigenvalue weighted by molar-refractivity contribution is 4.84. The monoisotopic (exact) mass is 162 g/mol. The first kappa shape index (κ1) is 8.93. The van der Waals surface area contributed by atoms with E-state index in [9.17, 15) is 5.11 Å². The summed E-state index contributed by atoms with van der Waals surface area (Å²) in [6.07, 6.45) is 0.259. The lowest BCUT2D eigenvalue weighted by Gasteiger charge is -2.23.